The van der Waals surface area contributed by atoms with Gasteiger partial charge in [0.25, 0.3) is 0 Å². The number of ether oxygens (including phenoxy) is 2. The number of carbonyl (C=O) groups excluding carboxylic acids is 1. The largest absolute Gasteiger partial charge is 0.468 e. The summed E-state index contributed by atoms with van der Waals surface area (Å²) in [6.07, 6.45) is 3.22. The van der Waals surface area contributed by atoms with E-state index in [9.17, 15) is 4.79 Å². The minimum absolute atomic E-state index is 0.364. The van der Waals surface area contributed by atoms with E-state index in [2.05, 4.69) is 5.43 Å². The second-order valence-electron chi connectivity index (χ2n) is 4.34. The highest BCUT2D eigenvalue weighted by Gasteiger charge is 2.28. The van der Waals surface area contributed by atoms with Crippen LogP contribution in [0.2, 0.25) is 0 Å². The fourth-order valence-electron chi connectivity index (χ4n) is 1.80. The highest BCUT2D eigenvalue weighted by atomic mass is 16.7. The molecule has 6 heteroatoms. The standard InChI is InChI=1S/C14H18N2O4/c1-10(18-2)13(14(17)19-3)15-16-9-8-11-6-4-5-7-12(11)20-16/h4-10,13,15H,1-3H3/t10-,13+/m1/s1. The van der Waals surface area contributed by atoms with E-state index < -0.39 is 12.0 Å². The van der Waals surface area contributed by atoms with Crippen LogP contribution in [0.3, 0.4) is 0 Å². The Hall–Kier alpha value is -2.05. The summed E-state index contributed by atoms with van der Waals surface area (Å²) in [6.45, 7) is 1.77. The molecule has 0 saturated carbocycles. The predicted octanol–water partition coefficient (Wildman–Crippen LogP) is 1.35. The van der Waals surface area contributed by atoms with Crippen LogP contribution in [0.4, 0.5) is 0 Å². The van der Waals surface area contributed by atoms with E-state index in [4.69, 9.17) is 14.3 Å². The van der Waals surface area contributed by atoms with Crippen LogP contribution in [-0.2, 0) is 14.3 Å². The maximum absolute atomic E-state index is 11.8. The Bertz CT molecular complexity index is 504. The van der Waals surface area contributed by atoms with Crippen LogP contribution < -0.4 is 10.3 Å². The maximum atomic E-state index is 11.8. The quantitative estimate of drug-likeness (QED) is 0.820. The van der Waals surface area contributed by atoms with Gasteiger partial charge in [-0.15, -0.1) is 5.17 Å². The number of carbonyl (C=O) groups is 1. The number of para-hydroxylation sites is 1. The zero-order chi connectivity index (χ0) is 14.5. The first-order valence-corrected chi connectivity index (χ1v) is 6.27. The summed E-state index contributed by atoms with van der Waals surface area (Å²) in [5, 5.41) is 1.37. The Morgan fingerprint density at radius 1 is 1.35 bits per heavy atom. The zero-order valence-corrected chi connectivity index (χ0v) is 11.7. The Balaban J connectivity index is 2.08. The first kappa shape index (κ1) is 14.4. The van der Waals surface area contributed by atoms with Crippen molar-refractivity contribution in [3.63, 3.8) is 0 Å². The Morgan fingerprint density at radius 3 is 2.80 bits per heavy atom. The van der Waals surface area contributed by atoms with Crippen molar-refractivity contribution in [3.05, 3.63) is 36.0 Å². The van der Waals surface area contributed by atoms with Crippen LogP contribution in [0.1, 0.15) is 12.5 Å². The van der Waals surface area contributed by atoms with Crippen LogP contribution in [-0.4, -0.2) is 37.5 Å². The third-order valence-corrected chi connectivity index (χ3v) is 3.07. The molecule has 1 aliphatic rings. The average molecular weight is 278 g/mol. The molecule has 0 unspecified atom stereocenters. The molecule has 1 aliphatic heterocycles. The molecule has 1 aromatic rings. The van der Waals surface area contributed by atoms with Crippen molar-refractivity contribution in [2.24, 2.45) is 0 Å². The van der Waals surface area contributed by atoms with Gasteiger partial charge in [0.1, 0.15) is 0 Å². The summed E-state index contributed by atoms with van der Waals surface area (Å²) >= 11 is 0. The molecule has 6 nitrogen and oxygen atoms in total. The number of benzene rings is 1. The van der Waals surface area contributed by atoms with Crippen molar-refractivity contribution in [2.75, 3.05) is 14.2 Å². The molecule has 0 spiro atoms. The van der Waals surface area contributed by atoms with Crippen molar-refractivity contribution in [1.29, 1.82) is 0 Å². The first-order chi connectivity index (χ1) is 9.65. The number of esters is 1. The molecule has 0 fully saturated rings. The number of fused-ring (bicyclic) bond motifs is 1. The number of hydrazine groups is 1. The molecule has 0 aromatic heterocycles. The van der Waals surface area contributed by atoms with Gasteiger partial charge in [-0.25, -0.2) is 0 Å². The van der Waals surface area contributed by atoms with E-state index in [1.165, 1.54) is 19.4 Å². The first-order valence-electron chi connectivity index (χ1n) is 6.27. The maximum Gasteiger partial charge on any atom is 0.327 e. The van der Waals surface area contributed by atoms with Crippen LogP contribution in [0, 0.1) is 0 Å². The van der Waals surface area contributed by atoms with Gasteiger partial charge in [-0.3, -0.25) is 4.79 Å². The molecule has 1 aromatic carbocycles. The van der Waals surface area contributed by atoms with Crippen molar-refractivity contribution < 1.29 is 19.1 Å². The number of hydrogen-bond acceptors (Lipinski definition) is 6. The Morgan fingerprint density at radius 2 is 2.10 bits per heavy atom. The van der Waals surface area contributed by atoms with Crippen molar-refractivity contribution in [1.82, 2.24) is 10.6 Å². The van der Waals surface area contributed by atoms with Gasteiger partial charge >= 0.3 is 5.97 Å². The van der Waals surface area contributed by atoms with Gasteiger partial charge in [0, 0.05) is 12.7 Å². The molecule has 2 atom stereocenters. The summed E-state index contributed by atoms with van der Waals surface area (Å²) in [4.78, 5) is 17.4. The van der Waals surface area contributed by atoms with E-state index in [-0.39, 0.29) is 6.10 Å². The molecule has 20 heavy (non-hydrogen) atoms. The highest BCUT2D eigenvalue weighted by Crippen LogP contribution is 2.24. The number of nitrogens with zero attached hydrogens (tertiary/aromatic N) is 1. The normalized spacial score (nSPS) is 16.1. The molecular weight excluding hydrogens is 260 g/mol. The predicted molar refractivity (Wildman–Crippen MR) is 73.4 cm³/mol. The lowest BCUT2D eigenvalue weighted by atomic mass is 10.2. The number of methoxy groups -OCH3 is 2. The number of hydrogen-bond donors (Lipinski definition) is 1. The van der Waals surface area contributed by atoms with Crippen molar-refractivity contribution in [2.45, 2.75) is 19.1 Å². The molecule has 2 rings (SSSR count). The fraction of sp³-hybridized carbons (Fsp3) is 0.357. The molecule has 1 heterocycles. The zero-order valence-electron chi connectivity index (χ0n) is 11.7. The van der Waals surface area contributed by atoms with E-state index >= 15 is 0 Å². The van der Waals surface area contributed by atoms with Crippen molar-refractivity contribution >= 4 is 12.0 Å². The Kier molecular flexibility index (Phi) is 4.60. The van der Waals surface area contributed by atoms with E-state index in [0.717, 1.165) is 5.56 Å². The van der Waals surface area contributed by atoms with Gasteiger partial charge in [-0.05, 0) is 19.1 Å². The summed E-state index contributed by atoms with van der Waals surface area (Å²) in [5.74, 6) is 0.284. The Labute approximate surface area is 117 Å². The molecule has 0 amide bonds. The summed E-state index contributed by atoms with van der Waals surface area (Å²) in [7, 11) is 2.87. The highest BCUT2D eigenvalue weighted by molar-refractivity contribution is 5.76. The smallest absolute Gasteiger partial charge is 0.327 e. The summed E-state index contributed by atoms with van der Waals surface area (Å²) in [6, 6.07) is 6.94. The molecule has 0 saturated heterocycles. The van der Waals surface area contributed by atoms with Gasteiger partial charge in [-0.2, -0.15) is 5.43 Å². The lowest BCUT2D eigenvalue weighted by Gasteiger charge is -2.30. The van der Waals surface area contributed by atoms with E-state index in [0.29, 0.717) is 5.75 Å². The molecule has 0 aliphatic carbocycles. The monoisotopic (exact) mass is 278 g/mol. The van der Waals surface area contributed by atoms with Gasteiger partial charge in [0.15, 0.2) is 11.8 Å². The van der Waals surface area contributed by atoms with Gasteiger partial charge in [-0.1, -0.05) is 18.2 Å². The minimum Gasteiger partial charge on any atom is -0.468 e. The average Bonchev–Trinajstić information content (AvgIpc) is 2.51. The fourth-order valence-corrected chi connectivity index (χ4v) is 1.80. The topological polar surface area (TPSA) is 60.0 Å². The van der Waals surface area contributed by atoms with E-state index in [1.54, 1.807) is 13.1 Å². The number of hydroxylamine groups is 1. The van der Waals surface area contributed by atoms with Crippen LogP contribution in [0.5, 0.6) is 5.75 Å². The molecule has 0 radical (unpaired) electrons. The van der Waals surface area contributed by atoms with E-state index in [1.807, 2.05) is 30.3 Å². The second-order valence-corrected chi connectivity index (χ2v) is 4.34. The van der Waals surface area contributed by atoms with Crippen molar-refractivity contribution in [3.8, 4) is 5.75 Å². The second kappa shape index (κ2) is 6.40. The number of rotatable bonds is 5. The van der Waals surface area contributed by atoms with Gasteiger partial charge in [0.05, 0.1) is 19.4 Å². The molecule has 1 N–H and O–H groups in total. The third kappa shape index (κ3) is 3.09. The molecular formula is C14H18N2O4. The molecule has 108 valence electrons. The summed E-state index contributed by atoms with van der Waals surface area (Å²) in [5.41, 5.74) is 3.90. The van der Waals surface area contributed by atoms with Crippen LogP contribution in [0.15, 0.2) is 30.5 Å². The summed E-state index contributed by atoms with van der Waals surface area (Å²) < 4.78 is 9.94. The lowest BCUT2D eigenvalue weighted by Crippen LogP contribution is -2.53. The van der Waals surface area contributed by atoms with Crippen LogP contribution >= 0.6 is 0 Å². The molecule has 0 bridgehead atoms. The minimum atomic E-state index is -0.667. The SMILES string of the molecule is COC(=O)[C@@H](NN1C=Cc2ccccc2O1)[C@@H](C)OC. The van der Waals surface area contributed by atoms with Gasteiger partial charge < -0.3 is 14.3 Å². The lowest BCUT2D eigenvalue weighted by molar-refractivity contribution is -0.155. The third-order valence-electron chi connectivity index (χ3n) is 3.07. The number of nitrogens with one attached hydrogen (secondary N) is 1. The van der Waals surface area contributed by atoms with Crippen LogP contribution in [0.25, 0.3) is 6.08 Å². The van der Waals surface area contributed by atoms with Gasteiger partial charge in [0.2, 0.25) is 0 Å².